The molecule has 18 heavy (non-hydrogen) atoms. The second-order valence-electron chi connectivity index (χ2n) is 4.58. The van der Waals surface area contributed by atoms with E-state index in [1.165, 1.54) is 0 Å². The van der Waals surface area contributed by atoms with Gasteiger partial charge in [0.2, 0.25) is 0 Å². The highest BCUT2D eigenvalue weighted by Gasteiger charge is 2.25. The van der Waals surface area contributed by atoms with E-state index in [1.807, 2.05) is 0 Å². The van der Waals surface area contributed by atoms with E-state index in [9.17, 15) is 9.90 Å². The number of nitrogens with two attached hydrogens (primary N) is 1. The molecule has 0 bridgehead atoms. The number of urea groups is 1. The lowest BCUT2D eigenvalue weighted by atomic mass is 10.0. The van der Waals surface area contributed by atoms with Gasteiger partial charge >= 0.3 is 6.03 Å². The molecule has 0 aliphatic carbocycles. The van der Waals surface area contributed by atoms with Gasteiger partial charge in [-0.2, -0.15) is 0 Å². The third-order valence-corrected chi connectivity index (χ3v) is 3.26. The highest BCUT2D eigenvalue weighted by molar-refractivity contribution is 5.89. The third kappa shape index (κ3) is 2.92. The fraction of sp³-hybridized carbons (Fsp3) is 0.462. The van der Waals surface area contributed by atoms with Crippen LogP contribution in [0.2, 0.25) is 0 Å². The van der Waals surface area contributed by atoms with Crippen molar-refractivity contribution in [2.24, 2.45) is 0 Å². The first-order valence-corrected chi connectivity index (χ1v) is 6.24. The van der Waals surface area contributed by atoms with Crippen LogP contribution in [0.1, 0.15) is 19.3 Å². The molecule has 5 nitrogen and oxygen atoms in total. The molecule has 1 unspecified atom stereocenters. The molecule has 98 valence electrons. The average molecular weight is 249 g/mol. The number of hydrogen-bond acceptors (Lipinski definition) is 3. The summed E-state index contributed by atoms with van der Waals surface area (Å²) in [6, 6.07) is 6.81. The van der Waals surface area contributed by atoms with Gasteiger partial charge in [0, 0.05) is 17.9 Å². The normalized spacial score (nSPS) is 19.6. The van der Waals surface area contributed by atoms with E-state index in [-0.39, 0.29) is 18.7 Å². The second kappa shape index (κ2) is 5.73. The Morgan fingerprint density at radius 3 is 2.78 bits per heavy atom. The fourth-order valence-corrected chi connectivity index (χ4v) is 2.22. The van der Waals surface area contributed by atoms with Crippen LogP contribution >= 0.6 is 0 Å². The van der Waals surface area contributed by atoms with Gasteiger partial charge in [-0.1, -0.05) is 0 Å². The number of carbonyl (C=O) groups excluding carboxylic acids is 1. The predicted molar refractivity (Wildman–Crippen MR) is 71.3 cm³/mol. The number of nitrogen functional groups attached to an aromatic ring is 1. The smallest absolute Gasteiger partial charge is 0.322 e. The van der Waals surface area contributed by atoms with Crippen molar-refractivity contribution in [2.45, 2.75) is 25.3 Å². The molecule has 0 aromatic heterocycles. The van der Waals surface area contributed by atoms with E-state index in [0.717, 1.165) is 24.9 Å². The van der Waals surface area contributed by atoms with Gasteiger partial charge in [0.15, 0.2) is 0 Å². The number of nitrogens with one attached hydrogen (secondary N) is 1. The zero-order valence-corrected chi connectivity index (χ0v) is 10.3. The van der Waals surface area contributed by atoms with Crippen molar-refractivity contribution >= 4 is 17.4 Å². The zero-order valence-electron chi connectivity index (χ0n) is 10.3. The zero-order chi connectivity index (χ0) is 13.0. The standard InChI is InChI=1S/C13H19N3O2/c14-10-4-6-11(7-5-10)15-13(18)16-8-2-1-3-12(16)9-17/h4-7,12,17H,1-3,8-9,14H2,(H,15,18). The summed E-state index contributed by atoms with van der Waals surface area (Å²) in [6.07, 6.45) is 2.92. The molecule has 1 aromatic carbocycles. The minimum absolute atomic E-state index is 0.0230. The molecule has 5 heteroatoms. The van der Waals surface area contributed by atoms with E-state index in [0.29, 0.717) is 12.2 Å². The van der Waals surface area contributed by atoms with Gasteiger partial charge in [0.25, 0.3) is 0 Å². The molecule has 0 spiro atoms. The van der Waals surface area contributed by atoms with Crippen LogP contribution in [0.3, 0.4) is 0 Å². The van der Waals surface area contributed by atoms with Crippen molar-refractivity contribution in [3.05, 3.63) is 24.3 Å². The number of carbonyl (C=O) groups is 1. The maximum absolute atomic E-state index is 12.1. The number of hydrogen-bond donors (Lipinski definition) is 3. The number of piperidine rings is 1. The first-order chi connectivity index (χ1) is 8.70. The Labute approximate surface area is 107 Å². The minimum atomic E-state index is -0.154. The molecule has 1 aliphatic heterocycles. The van der Waals surface area contributed by atoms with E-state index >= 15 is 0 Å². The molecular formula is C13H19N3O2. The predicted octanol–water partition coefficient (Wildman–Crippen LogP) is 1.65. The molecule has 0 radical (unpaired) electrons. The third-order valence-electron chi connectivity index (χ3n) is 3.26. The summed E-state index contributed by atoms with van der Waals surface area (Å²) < 4.78 is 0. The van der Waals surface area contributed by atoms with Crippen LogP contribution in [0.25, 0.3) is 0 Å². The molecule has 4 N–H and O–H groups in total. The van der Waals surface area contributed by atoms with Crippen LogP contribution < -0.4 is 11.1 Å². The molecule has 1 fully saturated rings. The maximum Gasteiger partial charge on any atom is 0.322 e. The van der Waals surface area contributed by atoms with Gasteiger partial charge in [-0.25, -0.2) is 4.79 Å². The number of aliphatic hydroxyl groups is 1. The van der Waals surface area contributed by atoms with E-state index in [4.69, 9.17) is 5.73 Å². The largest absolute Gasteiger partial charge is 0.399 e. The molecule has 1 atom stereocenters. The monoisotopic (exact) mass is 249 g/mol. The highest BCUT2D eigenvalue weighted by Crippen LogP contribution is 2.18. The van der Waals surface area contributed by atoms with Crippen LogP contribution in [0, 0.1) is 0 Å². The lowest BCUT2D eigenvalue weighted by Crippen LogP contribution is -2.47. The van der Waals surface area contributed by atoms with Crippen molar-refractivity contribution in [1.29, 1.82) is 0 Å². The lowest BCUT2D eigenvalue weighted by molar-refractivity contribution is 0.115. The number of rotatable bonds is 2. The Kier molecular flexibility index (Phi) is 4.04. The average Bonchev–Trinajstić information content (AvgIpc) is 2.41. The Hall–Kier alpha value is -1.75. The number of anilines is 2. The fourth-order valence-electron chi connectivity index (χ4n) is 2.22. The summed E-state index contributed by atoms with van der Waals surface area (Å²) in [5.74, 6) is 0. The summed E-state index contributed by atoms with van der Waals surface area (Å²) in [6.45, 7) is 0.723. The van der Waals surface area contributed by atoms with Crippen LogP contribution in [0.4, 0.5) is 16.2 Å². The lowest BCUT2D eigenvalue weighted by Gasteiger charge is -2.34. The first-order valence-electron chi connectivity index (χ1n) is 6.24. The van der Waals surface area contributed by atoms with Gasteiger partial charge in [-0.3, -0.25) is 0 Å². The summed E-state index contributed by atoms with van der Waals surface area (Å²) in [5, 5.41) is 12.1. The van der Waals surface area contributed by atoms with Crippen molar-refractivity contribution in [2.75, 3.05) is 24.2 Å². The molecule has 0 saturated carbocycles. The van der Waals surface area contributed by atoms with E-state index in [2.05, 4.69) is 5.32 Å². The van der Waals surface area contributed by atoms with E-state index in [1.54, 1.807) is 29.2 Å². The van der Waals surface area contributed by atoms with Crippen LogP contribution in [-0.2, 0) is 0 Å². The maximum atomic E-state index is 12.1. The highest BCUT2D eigenvalue weighted by atomic mass is 16.3. The molecule has 1 heterocycles. The Morgan fingerprint density at radius 2 is 2.11 bits per heavy atom. The number of benzene rings is 1. The number of amides is 2. The topological polar surface area (TPSA) is 78.6 Å². The Morgan fingerprint density at radius 1 is 1.39 bits per heavy atom. The number of likely N-dealkylation sites (tertiary alicyclic amines) is 1. The van der Waals surface area contributed by atoms with Gasteiger partial charge in [0.05, 0.1) is 12.6 Å². The van der Waals surface area contributed by atoms with Crippen molar-refractivity contribution in [3.63, 3.8) is 0 Å². The van der Waals surface area contributed by atoms with Gasteiger partial charge in [-0.15, -0.1) is 0 Å². The summed E-state index contributed by atoms with van der Waals surface area (Å²) in [5.41, 5.74) is 6.97. The van der Waals surface area contributed by atoms with Gasteiger partial charge < -0.3 is 21.1 Å². The van der Waals surface area contributed by atoms with Crippen LogP contribution in [0.5, 0.6) is 0 Å². The van der Waals surface area contributed by atoms with Crippen molar-refractivity contribution in [3.8, 4) is 0 Å². The van der Waals surface area contributed by atoms with Crippen molar-refractivity contribution in [1.82, 2.24) is 4.90 Å². The van der Waals surface area contributed by atoms with Gasteiger partial charge in [-0.05, 0) is 43.5 Å². The molecule has 1 aliphatic rings. The molecular weight excluding hydrogens is 230 g/mol. The van der Waals surface area contributed by atoms with Gasteiger partial charge in [0.1, 0.15) is 0 Å². The Balaban J connectivity index is 2.00. The summed E-state index contributed by atoms with van der Waals surface area (Å²) in [4.78, 5) is 13.8. The number of aliphatic hydroxyl groups excluding tert-OH is 1. The summed E-state index contributed by atoms with van der Waals surface area (Å²) >= 11 is 0. The summed E-state index contributed by atoms with van der Waals surface area (Å²) in [7, 11) is 0. The van der Waals surface area contributed by atoms with Crippen molar-refractivity contribution < 1.29 is 9.90 Å². The molecule has 1 saturated heterocycles. The second-order valence-corrected chi connectivity index (χ2v) is 4.58. The quantitative estimate of drug-likeness (QED) is 0.697. The van der Waals surface area contributed by atoms with E-state index < -0.39 is 0 Å². The Bertz CT molecular complexity index is 405. The number of nitrogens with zero attached hydrogens (tertiary/aromatic N) is 1. The first kappa shape index (κ1) is 12.7. The molecule has 2 rings (SSSR count). The SMILES string of the molecule is Nc1ccc(NC(=O)N2CCCCC2CO)cc1. The molecule has 2 amide bonds. The van der Waals surface area contributed by atoms with Crippen LogP contribution in [0.15, 0.2) is 24.3 Å². The minimum Gasteiger partial charge on any atom is -0.399 e. The van der Waals surface area contributed by atoms with Crippen LogP contribution in [-0.4, -0.2) is 35.2 Å². The molecule has 1 aromatic rings.